The number of hydrogen-bond acceptors (Lipinski definition) is 3. The zero-order valence-electron chi connectivity index (χ0n) is 7.96. The Morgan fingerprint density at radius 3 is 2.92 bits per heavy atom. The molecule has 0 bridgehead atoms. The van der Waals surface area contributed by atoms with Crippen LogP contribution >= 0.6 is 11.8 Å². The van der Waals surface area contributed by atoms with E-state index >= 15 is 0 Å². The Labute approximate surface area is 79.9 Å². The van der Waals surface area contributed by atoms with Crippen molar-refractivity contribution in [2.75, 3.05) is 31.1 Å². The number of thioether (sulfide) groups is 1. The third-order valence-corrected chi connectivity index (χ3v) is 3.62. The van der Waals surface area contributed by atoms with E-state index < -0.39 is 0 Å². The van der Waals surface area contributed by atoms with Crippen molar-refractivity contribution in [1.29, 1.82) is 0 Å². The molecule has 0 aromatic carbocycles. The molecule has 1 rings (SSSR count). The summed E-state index contributed by atoms with van der Waals surface area (Å²) < 4.78 is 0. The lowest BCUT2D eigenvalue weighted by molar-refractivity contribution is 0.222. The monoisotopic (exact) mass is 188 g/mol. The average Bonchev–Trinajstić information content (AvgIpc) is 2.59. The van der Waals surface area contributed by atoms with E-state index in [2.05, 4.69) is 23.6 Å². The minimum atomic E-state index is 0.830. The Kier molecular flexibility index (Phi) is 5.04. The van der Waals surface area contributed by atoms with Crippen molar-refractivity contribution in [3.63, 3.8) is 0 Å². The fourth-order valence-electron chi connectivity index (χ4n) is 1.70. The van der Waals surface area contributed by atoms with Gasteiger partial charge in [-0.15, -0.1) is 0 Å². The first-order chi connectivity index (χ1) is 5.88. The van der Waals surface area contributed by atoms with Crippen LogP contribution in [0.25, 0.3) is 0 Å². The fraction of sp³-hybridized carbons (Fsp3) is 1.00. The Hall–Kier alpha value is 0.270. The molecule has 0 aromatic heterocycles. The summed E-state index contributed by atoms with van der Waals surface area (Å²) in [5.41, 5.74) is 5.50. The van der Waals surface area contributed by atoms with Gasteiger partial charge in [-0.05, 0) is 38.2 Å². The summed E-state index contributed by atoms with van der Waals surface area (Å²) in [5.74, 6) is 2.68. The van der Waals surface area contributed by atoms with Crippen molar-refractivity contribution in [3.05, 3.63) is 0 Å². The predicted molar refractivity (Wildman–Crippen MR) is 56.6 cm³/mol. The molecule has 72 valence electrons. The second-order valence-electron chi connectivity index (χ2n) is 3.29. The van der Waals surface area contributed by atoms with Crippen LogP contribution in [0.4, 0.5) is 0 Å². The van der Waals surface area contributed by atoms with E-state index in [0.717, 1.165) is 19.0 Å². The molecule has 1 heterocycles. The maximum absolute atomic E-state index is 5.50. The second kappa shape index (κ2) is 5.84. The topological polar surface area (TPSA) is 29.3 Å². The van der Waals surface area contributed by atoms with Gasteiger partial charge in [0.15, 0.2) is 0 Å². The quantitative estimate of drug-likeness (QED) is 0.702. The average molecular weight is 188 g/mol. The molecule has 2 N–H and O–H groups in total. The highest BCUT2D eigenvalue weighted by Crippen LogP contribution is 2.21. The fourth-order valence-corrected chi connectivity index (χ4v) is 2.96. The molecule has 1 atom stereocenters. The summed E-state index contributed by atoms with van der Waals surface area (Å²) >= 11 is 2.09. The van der Waals surface area contributed by atoms with Crippen LogP contribution in [0.1, 0.15) is 19.8 Å². The molecule has 3 heteroatoms. The first-order valence-corrected chi connectivity index (χ1v) is 6.05. The van der Waals surface area contributed by atoms with Gasteiger partial charge in [-0.3, -0.25) is 4.90 Å². The summed E-state index contributed by atoms with van der Waals surface area (Å²) in [4.78, 5) is 2.58. The minimum Gasteiger partial charge on any atom is -0.330 e. The van der Waals surface area contributed by atoms with Gasteiger partial charge in [0.25, 0.3) is 0 Å². The SMILES string of the molecule is CCN(CCCN)C1CCSC1. The van der Waals surface area contributed by atoms with Crippen molar-refractivity contribution in [3.8, 4) is 0 Å². The second-order valence-corrected chi connectivity index (χ2v) is 4.44. The molecular formula is C9H20N2S. The highest BCUT2D eigenvalue weighted by Gasteiger charge is 2.20. The molecule has 1 fully saturated rings. The molecule has 0 radical (unpaired) electrons. The largest absolute Gasteiger partial charge is 0.330 e. The van der Waals surface area contributed by atoms with Gasteiger partial charge < -0.3 is 5.73 Å². The minimum absolute atomic E-state index is 0.830. The Balaban J connectivity index is 2.22. The van der Waals surface area contributed by atoms with E-state index in [0.29, 0.717) is 0 Å². The lowest BCUT2D eigenvalue weighted by atomic mass is 10.2. The lowest BCUT2D eigenvalue weighted by Crippen LogP contribution is -2.36. The van der Waals surface area contributed by atoms with Gasteiger partial charge in [-0.2, -0.15) is 11.8 Å². The van der Waals surface area contributed by atoms with Gasteiger partial charge in [0.05, 0.1) is 0 Å². The molecule has 2 nitrogen and oxygen atoms in total. The van der Waals surface area contributed by atoms with Gasteiger partial charge in [-0.1, -0.05) is 6.92 Å². The first-order valence-electron chi connectivity index (χ1n) is 4.90. The Morgan fingerprint density at radius 1 is 1.58 bits per heavy atom. The zero-order valence-corrected chi connectivity index (χ0v) is 8.78. The molecule has 1 unspecified atom stereocenters. The van der Waals surface area contributed by atoms with E-state index in [1.54, 1.807) is 0 Å². The molecule has 1 saturated heterocycles. The number of nitrogens with zero attached hydrogens (tertiary/aromatic N) is 1. The molecule has 1 aliphatic rings. The molecule has 12 heavy (non-hydrogen) atoms. The molecule has 0 aromatic rings. The van der Waals surface area contributed by atoms with E-state index in [4.69, 9.17) is 5.73 Å². The van der Waals surface area contributed by atoms with Crippen LogP contribution in [0.5, 0.6) is 0 Å². The number of nitrogens with two attached hydrogens (primary N) is 1. The van der Waals surface area contributed by atoms with Crippen molar-refractivity contribution >= 4 is 11.8 Å². The zero-order chi connectivity index (χ0) is 8.81. The van der Waals surface area contributed by atoms with Gasteiger partial charge in [-0.25, -0.2) is 0 Å². The maximum Gasteiger partial charge on any atom is 0.0194 e. The highest BCUT2D eigenvalue weighted by molar-refractivity contribution is 7.99. The van der Waals surface area contributed by atoms with Crippen molar-refractivity contribution in [1.82, 2.24) is 4.90 Å². The van der Waals surface area contributed by atoms with E-state index in [1.165, 1.54) is 31.0 Å². The van der Waals surface area contributed by atoms with Crippen LogP contribution in [-0.4, -0.2) is 42.1 Å². The van der Waals surface area contributed by atoms with Crippen molar-refractivity contribution in [2.45, 2.75) is 25.8 Å². The van der Waals surface area contributed by atoms with Crippen LogP contribution < -0.4 is 5.73 Å². The van der Waals surface area contributed by atoms with Crippen LogP contribution in [0.2, 0.25) is 0 Å². The third kappa shape index (κ3) is 2.96. The van der Waals surface area contributed by atoms with Gasteiger partial charge in [0.1, 0.15) is 0 Å². The standard InChI is InChI=1S/C9H20N2S/c1-2-11(6-3-5-10)9-4-7-12-8-9/h9H,2-8,10H2,1H3. The normalized spacial score (nSPS) is 23.8. The van der Waals surface area contributed by atoms with E-state index in [1.807, 2.05) is 0 Å². The summed E-state index contributed by atoms with van der Waals surface area (Å²) in [5, 5.41) is 0. The predicted octanol–water partition coefficient (Wildman–Crippen LogP) is 1.16. The number of hydrogen-bond donors (Lipinski definition) is 1. The van der Waals surface area contributed by atoms with Crippen molar-refractivity contribution in [2.24, 2.45) is 5.73 Å². The van der Waals surface area contributed by atoms with Crippen LogP contribution in [-0.2, 0) is 0 Å². The molecule has 1 aliphatic heterocycles. The molecule has 0 amide bonds. The summed E-state index contributed by atoms with van der Waals surface area (Å²) in [7, 11) is 0. The van der Waals surface area contributed by atoms with Crippen LogP contribution in [0.15, 0.2) is 0 Å². The lowest BCUT2D eigenvalue weighted by Gasteiger charge is -2.26. The van der Waals surface area contributed by atoms with Crippen LogP contribution in [0, 0.1) is 0 Å². The summed E-state index contributed by atoms with van der Waals surface area (Å²) in [6.07, 6.45) is 2.53. The highest BCUT2D eigenvalue weighted by atomic mass is 32.2. The van der Waals surface area contributed by atoms with E-state index in [9.17, 15) is 0 Å². The smallest absolute Gasteiger partial charge is 0.0194 e. The van der Waals surface area contributed by atoms with Crippen molar-refractivity contribution < 1.29 is 0 Å². The summed E-state index contributed by atoms with van der Waals surface area (Å²) in [6.45, 7) is 5.46. The molecular weight excluding hydrogens is 168 g/mol. The Morgan fingerprint density at radius 2 is 2.42 bits per heavy atom. The maximum atomic E-state index is 5.50. The van der Waals surface area contributed by atoms with E-state index in [-0.39, 0.29) is 0 Å². The van der Waals surface area contributed by atoms with Gasteiger partial charge >= 0.3 is 0 Å². The molecule has 0 aliphatic carbocycles. The Bertz CT molecular complexity index is 113. The number of rotatable bonds is 5. The van der Waals surface area contributed by atoms with Gasteiger partial charge in [0, 0.05) is 11.8 Å². The molecule has 0 saturated carbocycles. The van der Waals surface area contributed by atoms with Gasteiger partial charge in [0.2, 0.25) is 0 Å². The summed E-state index contributed by atoms with van der Waals surface area (Å²) in [6, 6.07) is 0.839. The first kappa shape index (κ1) is 10.4. The third-order valence-electron chi connectivity index (χ3n) is 2.48. The molecule has 0 spiro atoms. The van der Waals surface area contributed by atoms with Crippen LogP contribution in [0.3, 0.4) is 0 Å².